The number of rotatable bonds is 6. The first-order chi connectivity index (χ1) is 14.2. The summed E-state index contributed by atoms with van der Waals surface area (Å²) in [6, 6.07) is 13.4. The van der Waals surface area contributed by atoms with Crippen LogP contribution >= 0.6 is 0 Å². The predicted molar refractivity (Wildman–Crippen MR) is 112 cm³/mol. The Morgan fingerprint density at radius 2 is 1.86 bits per heavy atom. The number of nitrogens with zero attached hydrogens (tertiary/aromatic N) is 3. The summed E-state index contributed by atoms with van der Waals surface area (Å²) >= 11 is 0. The van der Waals surface area contributed by atoms with Gasteiger partial charge in [0, 0.05) is 23.6 Å². The molecule has 2 heterocycles. The van der Waals surface area contributed by atoms with E-state index in [1.54, 1.807) is 43.8 Å². The normalized spacial score (nSPS) is 14.0. The minimum absolute atomic E-state index is 0.268. The van der Waals surface area contributed by atoms with Crippen LogP contribution in [0.3, 0.4) is 0 Å². The maximum atomic E-state index is 12.3. The zero-order chi connectivity index (χ0) is 20.1. The number of urea groups is 1. The highest BCUT2D eigenvalue weighted by Gasteiger charge is 2.22. The molecule has 1 aliphatic rings. The summed E-state index contributed by atoms with van der Waals surface area (Å²) in [5, 5.41) is 10.5. The van der Waals surface area contributed by atoms with Crippen LogP contribution in [0, 0.1) is 0 Å². The number of carbonyl (C=O) groups excluding carboxylic acids is 1. The van der Waals surface area contributed by atoms with Gasteiger partial charge in [-0.15, -0.1) is 0 Å². The predicted octanol–water partition coefficient (Wildman–Crippen LogP) is 4.39. The molecule has 1 aliphatic carbocycles. The van der Waals surface area contributed by atoms with Crippen molar-refractivity contribution in [2.24, 2.45) is 0 Å². The van der Waals surface area contributed by atoms with E-state index in [9.17, 15) is 4.79 Å². The number of ether oxygens (including phenoxy) is 1. The first-order valence-electron chi connectivity index (χ1n) is 9.90. The van der Waals surface area contributed by atoms with E-state index >= 15 is 0 Å². The summed E-state index contributed by atoms with van der Waals surface area (Å²) in [4.78, 5) is 16.4. The molecule has 0 atom stereocenters. The van der Waals surface area contributed by atoms with Crippen LogP contribution in [0.5, 0.6) is 5.75 Å². The van der Waals surface area contributed by atoms with Crippen LogP contribution in [-0.4, -0.2) is 27.9 Å². The van der Waals surface area contributed by atoms with Gasteiger partial charge in [0.15, 0.2) is 0 Å². The number of pyridine rings is 1. The van der Waals surface area contributed by atoms with E-state index in [4.69, 9.17) is 9.84 Å². The molecule has 1 aromatic carbocycles. The van der Waals surface area contributed by atoms with E-state index < -0.39 is 0 Å². The summed E-state index contributed by atoms with van der Waals surface area (Å²) in [5.41, 5.74) is 3.71. The smallest absolute Gasteiger partial charge is 0.319 e. The van der Waals surface area contributed by atoms with E-state index in [2.05, 4.69) is 26.4 Å². The molecule has 1 saturated carbocycles. The van der Waals surface area contributed by atoms with Crippen molar-refractivity contribution >= 4 is 11.7 Å². The average Bonchev–Trinajstić information content (AvgIpc) is 3.43. The highest BCUT2D eigenvalue weighted by molar-refractivity contribution is 5.89. The SMILES string of the molecule is COc1ccc(NC(=O)NCc2cc(-c3ccncc3)n(C3CCCC3)n2)cc1. The van der Waals surface area contributed by atoms with Crippen LogP contribution < -0.4 is 15.4 Å². The standard InChI is InChI=1S/C22H25N5O2/c1-29-20-8-6-17(7-9-20)25-22(28)24-15-18-14-21(16-10-12-23-13-11-16)27(26-18)19-4-2-3-5-19/h6-14,19H,2-5,15H2,1H3,(H2,24,25,28). The molecule has 2 amide bonds. The van der Waals surface area contributed by atoms with Crippen molar-refractivity contribution in [2.75, 3.05) is 12.4 Å². The fraction of sp³-hybridized carbons (Fsp3) is 0.318. The van der Waals surface area contributed by atoms with Gasteiger partial charge in [0.1, 0.15) is 5.75 Å². The zero-order valence-electron chi connectivity index (χ0n) is 16.5. The van der Waals surface area contributed by atoms with Crippen LogP contribution in [0.15, 0.2) is 54.9 Å². The topological polar surface area (TPSA) is 81.1 Å². The van der Waals surface area contributed by atoms with Gasteiger partial charge in [0.2, 0.25) is 0 Å². The van der Waals surface area contributed by atoms with Crippen LogP contribution in [-0.2, 0) is 6.54 Å². The number of amides is 2. The molecule has 7 nitrogen and oxygen atoms in total. The summed E-state index contributed by atoms with van der Waals surface area (Å²) in [7, 11) is 1.61. The fourth-order valence-corrected chi connectivity index (χ4v) is 3.72. The molecule has 0 spiro atoms. The van der Waals surface area contributed by atoms with Gasteiger partial charge in [-0.2, -0.15) is 5.10 Å². The molecular formula is C22H25N5O2. The van der Waals surface area contributed by atoms with Crippen molar-refractivity contribution in [2.45, 2.75) is 38.3 Å². The number of anilines is 1. The number of aromatic nitrogens is 3. The van der Waals surface area contributed by atoms with Crippen LogP contribution in [0.2, 0.25) is 0 Å². The first-order valence-corrected chi connectivity index (χ1v) is 9.90. The van der Waals surface area contributed by atoms with Gasteiger partial charge in [-0.3, -0.25) is 9.67 Å². The lowest BCUT2D eigenvalue weighted by atomic mass is 10.1. The zero-order valence-corrected chi connectivity index (χ0v) is 16.5. The molecule has 3 aromatic rings. The number of methoxy groups -OCH3 is 1. The van der Waals surface area contributed by atoms with Crippen molar-refractivity contribution in [3.8, 4) is 17.0 Å². The van der Waals surface area contributed by atoms with E-state index in [-0.39, 0.29) is 6.03 Å². The minimum atomic E-state index is -0.268. The second-order valence-corrected chi connectivity index (χ2v) is 7.18. The molecule has 0 unspecified atom stereocenters. The quantitative estimate of drug-likeness (QED) is 0.653. The highest BCUT2D eigenvalue weighted by Crippen LogP contribution is 2.33. The van der Waals surface area contributed by atoms with E-state index in [1.165, 1.54) is 12.8 Å². The molecule has 0 saturated heterocycles. The van der Waals surface area contributed by atoms with Crippen LogP contribution in [0.25, 0.3) is 11.3 Å². The van der Waals surface area contributed by atoms with Gasteiger partial charge in [-0.1, -0.05) is 12.8 Å². The van der Waals surface area contributed by atoms with Gasteiger partial charge in [-0.05, 0) is 55.3 Å². The summed E-state index contributed by atoms with van der Waals surface area (Å²) < 4.78 is 7.25. The van der Waals surface area contributed by atoms with Crippen LogP contribution in [0.1, 0.15) is 37.4 Å². The molecule has 2 aromatic heterocycles. The monoisotopic (exact) mass is 391 g/mol. The molecule has 0 bridgehead atoms. The van der Waals surface area contributed by atoms with Gasteiger partial charge in [0.05, 0.1) is 31.1 Å². The summed E-state index contributed by atoms with van der Waals surface area (Å²) in [6.45, 7) is 0.361. The molecule has 29 heavy (non-hydrogen) atoms. The summed E-state index contributed by atoms with van der Waals surface area (Å²) in [6.07, 6.45) is 8.34. The van der Waals surface area contributed by atoms with E-state index in [1.807, 2.05) is 12.1 Å². The minimum Gasteiger partial charge on any atom is -0.497 e. The second-order valence-electron chi connectivity index (χ2n) is 7.18. The van der Waals surface area contributed by atoms with E-state index in [0.29, 0.717) is 18.3 Å². The van der Waals surface area contributed by atoms with Gasteiger partial charge >= 0.3 is 6.03 Å². The Kier molecular flexibility index (Phi) is 5.74. The van der Waals surface area contributed by atoms with Crippen molar-refractivity contribution in [1.29, 1.82) is 0 Å². The maximum Gasteiger partial charge on any atom is 0.319 e. The van der Waals surface area contributed by atoms with E-state index in [0.717, 1.165) is 35.5 Å². The lowest BCUT2D eigenvalue weighted by molar-refractivity contribution is 0.251. The second kappa shape index (κ2) is 8.77. The molecule has 0 aliphatic heterocycles. The Bertz CT molecular complexity index is 947. The lowest BCUT2D eigenvalue weighted by Crippen LogP contribution is -2.28. The van der Waals surface area contributed by atoms with Gasteiger partial charge in [0.25, 0.3) is 0 Å². The Morgan fingerprint density at radius 3 is 2.55 bits per heavy atom. The van der Waals surface area contributed by atoms with Crippen molar-refractivity contribution in [1.82, 2.24) is 20.1 Å². The number of carbonyl (C=O) groups is 1. The maximum absolute atomic E-state index is 12.3. The van der Waals surface area contributed by atoms with Crippen molar-refractivity contribution in [3.05, 3.63) is 60.6 Å². The first kappa shape index (κ1) is 19.0. The van der Waals surface area contributed by atoms with Crippen molar-refractivity contribution in [3.63, 3.8) is 0 Å². The Morgan fingerprint density at radius 1 is 1.14 bits per heavy atom. The molecular weight excluding hydrogens is 366 g/mol. The number of hydrogen-bond donors (Lipinski definition) is 2. The molecule has 150 valence electrons. The highest BCUT2D eigenvalue weighted by atomic mass is 16.5. The number of hydrogen-bond acceptors (Lipinski definition) is 4. The molecule has 1 fully saturated rings. The number of benzene rings is 1. The third-order valence-electron chi connectivity index (χ3n) is 5.21. The third-order valence-corrected chi connectivity index (χ3v) is 5.21. The largest absolute Gasteiger partial charge is 0.497 e. The lowest BCUT2D eigenvalue weighted by Gasteiger charge is -2.14. The average molecular weight is 391 g/mol. The Hall–Kier alpha value is -3.35. The van der Waals surface area contributed by atoms with Gasteiger partial charge in [-0.25, -0.2) is 4.79 Å². The van der Waals surface area contributed by atoms with Crippen molar-refractivity contribution < 1.29 is 9.53 Å². The fourth-order valence-electron chi connectivity index (χ4n) is 3.72. The number of nitrogens with one attached hydrogen (secondary N) is 2. The Labute approximate surface area is 170 Å². The molecule has 2 N–H and O–H groups in total. The van der Waals surface area contributed by atoms with Crippen LogP contribution in [0.4, 0.5) is 10.5 Å². The molecule has 7 heteroatoms. The van der Waals surface area contributed by atoms with Gasteiger partial charge < -0.3 is 15.4 Å². The third kappa shape index (κ3) is 4.56. The Balaban J connectivity index is 1.44. The molecule has 4 rings (SSSR count). The molecule has 0 radical (unpaired) electrons. The summed E-state index contributed by atoms with van der Waals surface area (Å²) in [5.74, 6) is 0.747.